The summed E-state index contributed by atoms with van der Waals surface area (Å²) in [6.07, 6.45) is 1.02. The Morgan fingerprint density at radius 1 is 1.04 bits per heavy atom. The fourth-order valence-electron chi connectivity index (χ4n) is 2.07. The van der Waals surface area contributed by atoms with Crippen LogP contribution in [-0.2, 0) is 0 Å². The quantitative estimate of drug-likeness (QED) is 0.235. The zero-order valence-corrected chi connectivity index (χ0v) is 13.1. The third kappa shape index (κ3) is 3.76. The van der Waals surface area contributed by atoms with Crippen molar-refractivity contribution in [1.82, 2.24) is 4.98 Å². The van der Waals surface area contributed by atoms with Gasteiger partial charge in [-0.1, -0.05) is 0 Å². The molecule has 0 aliphatic heterocycles. The maximum absolute atomic E-state index is 13.4. The lowest BCUT2D eigenvalue weighted by Crippen LogP contribution is -2.05. The number of benzene rings is 1. The number of furan rings is 1. The summed E-state index contributed by atoms with van der Waals surface area (Å²) in [4.78, 5) is 12.5. The minimum Gasteiger partial charge on any atom is -0.455 e. The number of pyridine rings is 1. The van der Waals surface area contributed by atoms with Crippen molar-refractivity contribution in [3.05, 3.63) is 75.8 Å². The Hall–Kier alpha value is -3.76. The fraction of sp³-hybridized carbons (Fsp3) is 0. The largest absolute Gasteiger partial charge is 0.455 e. The minimum atomic E-state index is -1.81. The molecule has 3 rings (SSSR count). The van der Waals surface area contributed by atoms with Crippen LogP contribution >= 0.6 is 0 Å². The molecule has 7 nitrogen and oxygen atoms in total. The molecule has 2 aromatic heterocycles. The van der Waals surface area contributed by atoms with Gasteiger partial charge in [-0.25, -0.2) is 0 Å². The van der Waals surface area contributed by atoms with Crippen LogP contribution in [-0.4, -0.2) is 16.1 Å². The molecule has 3 aromatic rings. The van der Waals surface area contributed by atoms with Gasteiger partial charge >= 0.3 is 0 Å². The van der Waals surface area contributed by atoms with E-state index in [0.29, 0.717) is 11.3 Å². The van der Waals surface area contributed by atoms with E-state index in [-0.39, 0.29) is 11.4 Å². The number of anilines is 1. The molecule has 0 spiro atoms. The summed E-state index contributed by atoms with van der Waals surface area (Å²) in [5, 5.41) is 14.1. The number of hydrazone groups is 1. The Morgan fingerprint density at radius 2 is 1.67 bits per heavy atom. The van der Waals surface area contributed by atoms with Gasteiger partial charge in [-0.2, -0.15) is 27.6 Å². The smallest absolute Gasteiger partial charge is 0.269 e. The van der Waals surface area contributed by atoms with Crippen LogP contribution in [0.25, 0.3) is 11.3 Å². The van der Waals surface area contributed by atoms with Gasteiger partial charge in [0.05, 0.1) is 11.1 Å². The topological polar surface area (TPSA) is 93.6 Å². The van der Waals surface area contributed by atoms with E-state index in [1.807, 2.05) is 5.43 Å². The van der Waals surface area contributed by atoms with Crippen molar-refractivity contribution in [3.63, 3.8) is 0 Å². The Morgan fingerprint density at radius 3 is 2.26 bits per heavy atom. The van der Waals surface area contributed by atoms with Crippen LogP contribution in [0.1, 0.15) is 5.76 Å². The minimum absolute atomic E-state index is 0.0860. The molecule has 1 aromatic carbocycles. The number of hydrogen-bond donors (Lipinski definition) is 1. The van der Waals surface area contributed by atoms with Gasteiger partial charge in [-0.15, -0.1) is 0 Å². The molecule has 1 N–H and O–H groups in total. The zero-order chi connectivity index (χ0) is 19.6. The van der Waals surface area contributed by atoms with E-state index in [0.717, 1.165) is 6.21 Å². The summed E-state index contributed by atoms with van der Waals surface area (Å²) < 4.78 is 58.3. The number of nitrogens with one attached hydrogen (secondary N) is 1. The van der Waals surface area contributed by atoms with E-state index in [9.17, 15) is 27.7 Å². The third-order valence-corrected chi connectivity index (χ3v) is 3.36. The average Bonchev–Trinajstić information content (AvgIpc) is 3.12. The molecule has 0 fully saturated rings. The molecule has 0 saturated carbocycles. The highest BCUT2D eigenvalue weighted by Gasteiger charge is 2.20. The van der Waals surface area contributed by atoms with Crippen molar-refractivity contribution in [2.45, 2.75) is 0 Å². The van der Waals surface area contributed by atoms with Crippen molar-refractivity contribution in [2.75, 3.05) is 5.43 Å². The van der Waals surface area contributed by atoms with Gasteiger partial charge in [0.25, 0.3) is 17.6 Å². The summed E-state index contributed by atoms with van der Waals surface area (Å²) in [6.45, 7) is 0. The Labute approximate surface area is 148 Å². The van der Waals surface area contributed by atoms with E-state index in [4.69, 9.17) is 4.42 Å². The van der Waals surface area contributed by atoms with Gasteiger partial charge < -0.3 is 4.42 Å². The van der Waals surface area contributed by atoms with Gasteiger partial charge in [0, 0.05) is 17.7 Å². The molecular weight excluding hydrogens is 372 g/mol. The van der Waals surface area contributed by atoms with Crippen LogP contribution in [0.15, 0.2) is 45.9 Å². The van der Waals surface area contributed by atoms with Crippen molar-refractivity contribution >= 4 is 17.6 Å². The standard InChI is InChI=1S/C16H8F4N4O3/c17-12-14(13(18)16(20)22-15(12)19)23-21-7-10-5-6-11(27-10)8-1-3-9(4-2-8)24(25)26/h1-7H,(H,22,23)/b21-7+. The molecule has 0 bridgehead atoms. The summed E-state index contributed by atoms with van der Waals surface area (Å²) in [5.74, 6) is -6.58. The van der Waals surface area contributed by atoms with Gasteiger partial charge in [0.1, 0.15) is 17.2 Å². The number of hydrogen-bond acceptors (Lipinski definition) is 6. The van der Waals surface area contributed by atoms with Crippen molar-refractivity contribution in [1.29, 1.82) is 0 Å². The maximum atomic E-state index is 13.4. The first kappa shape index (κ1) is 18.0. The average molecular weight is 380 g/mol. The Bertz CT molecular complexity index is 1010. The molecule has 138 valence electrons. The first-order valence-electron chi connectivity index (χ1n) is 7.20. The number of nitro benzene ring substituents is 1. The summed E-state index contributed by atoms with van der Waals surface area (Å²) >= 11 is 0. The molecule has 11 heteroatoms. The highest BCUT2D eigenvalue weighted by atomic mass is 19.2. The first-order chi connectivity index (χ1) is 12.9. The van der Waals surface area contributed by atoms with E-state index >= 15 is 0 Å². The zero-order valence-electron chi connectivity index (χ0n) is 13.1. The lowest BCUT2D eigenvalue weighted by Gasteiger charge is -2.04. The molecule has 27 heavy (non-hydrogen) atoms. The molecule has 2 heterocycles. The highest BCUT2D eigenvalue weighted by Crippen LogP contribution is 2.24. The second-order valence-corrected chi connectivity index (χ2v) is 5.07. The van der Waals surface area contributed by atoms with Crippen LogP contribution in [0.2, 0.25) is 0 Å². The van der Waals surface area contributed by atoms with Crippen molar-refractivity contribution in [3.8, 4) is 11.3 Å². The second-order valence-electron chi connectivity index (χ2n) is 5.07. The summed E-state index contributed by atoms with van der Waals surface area (Å²) in [6, 6.07) is 8.54. The van der Waals surface area contributed by atoms with E-state index < -0.39 is 34.1 Å². The van der Waals surface area contributed by atoms with Crippen LogP contribution in [0.4, 0.5) is 28.9 Å². The molecule has 0 unspecified atom stereocenters. The summed E-state index contributed by atoms with van der Waals surface area (Å²) in [5.41, 5.74) is 1.16. The fourth-order valence-corrected chi connectivity index (χ4v) is 2.07. The van der Waals surface area contributed by atoms with Gasteiger partial charge in [-0.3, -0.25) is 15.5 Å². The Balaban J connectivity index is 1.76. The molecule has 0 amide bonds. The van der Waals surface area contributed by atoms with Crippen LogP contribution in [0.5, 0.6) is 0 Å². The van der Waals surface area contributed by atoms with Crippen LogP contribution in [0, 0.1) is 33.6 Å². The van der Waals surface area contributed by atoms with Gasteiger partial charge in [0.2, 0.25) is 11.6 Å². The lowest BCUT2D eigenvalue weighted by atomic mass is 10.1. The van der Waals surface area contributed by atoms with E-state index in [1.165, 1.54) is 36.4 Å². The molecule has 0 saturated heterocycles. The van der Waals surface area contributed by atoms with E-state index in [2.05, 4.69) is 10.1 Å². The third-order valence-electron chi connectivity index (χ3n) is 3.36. The number of non-ortho nitro benzene ring substituents is 1. The number of nitro groups is 1. The maximum Gasteiger partial charge on any atom is 0.269 e. The van der Waals surface area contributed by atoms with Gasteiger partial charge in [-0.05, 0) is 24.3 Å². The molecule has 0 aliphatic rings. The Kier molecular flexibility index (Phi) is 4.83. The van der Waals surface area contributed by atoms with Gasteiger partial charge in [0.15, 0.2) is 0 Å². The predicted molar refractivity (Wildman–Crippen MR) is 86.1 cm³/mol. The lowest BCUT2D eigenvalue weighted by molar-refractivity contribution is -0.384. The van der Waals surface area contributed by atoms with Crippen molar-refractivity contribution in [2.24, 2.45) is 5.10 Å². The number of rotatable bonds is 5. The number of halogens is 4. The molecule has 0 radical (unpaired) electrons. The highest BCUT2D eigenvalue weighted by molar-refractivity contribution is 5.78. The van der Waals surface area contributed by atoms with Crippen LogP contribution in [0.3, 0.4) is 0 Å². The van der Waals surface area contributed by atoms with E-state index in [1.54, 1.807) is 0 Å². The summed E-state index contributed by atoms with van der Waals surface area (Å²) in [7, 11) is 0. The molecule has 0 aliphatic carbocycles. The number of aromatic nitrogens is 1. The first-order valence-corrected chi connectivity index (χ1v) is 7.20. The predicted octanol–water partition coefficient (Wildman–Crippen LogP) is 4.25. The SMILES string of the molecule is O=[N+]([O-])c1ccc(-c2ccc(/C=N/Nc3c(F)c(F)nc(F)c3F)o2)cc1. The molecular formula is C16H8F4N4O3. The second kappa shape index (κ2) is 7.23. The monoisotopic (exact) mass is 380 g/mol. The van der Waals surface area contributed by atoms with Crippen LogP contribution < -0.4 is 5.43 Å². The van der Waals surface area contributed by atoms with Crippen molar-refractivity contribution < 1.29 is 26.9 Å². The molecule has 0 atom stereocenters. The normalized spacial score (nSPS) is 11.1. The number of nitrogens with zero attached hydrogens (tertiary/aromatic N) is 3.